The third kappa shape index (κ3) is 2.86. The molecule has 0 saturated heterocycles. The van der Waals surface area contributed by atoms with Crippen molar-refractivity contribution in [2.24, 2.45) is 0 Å². The molecule has 1 unspecified atom stereocenters. The lowest BCUT2D eigenvalue weighted by molar-refractivity contribution is 0.119. The number of ether oxygens (including phenoxy) is 1. The summed E-state index contributed by atoms with van der Waals surface area (Å²) < 4.78 is 5.20. The fourth-order valence-electron chi connectivity index (χ4n) is 0.967. The summed E-state index contributed by atoms with van der Waals surface area (Å²) in [6.07, 6.45) is 2.03. The second-order valence-corrected chi connectivity index (χ2v) is 3.86. The number of nitrogens with zero attached hydrogens (tertiary/aromatic N) is 1. The summed E-state index contributed by atoms with van der Waals surface area (Å²) in [4.78, 5) is 4.14. The average molecular weight is 218 g/mol. The molecule has 0 saturated carbocycles. The van der Waals surface area contributed by atoms with E-state index < -0.39 is 0 Å². The third-order valence-electron chi connectivity index (χ3n) is 1.83. The molecule has 0 bridgehead atoms. The molecule has 0 aliphatic carbocycles. The molecule has 0 aromatic carbocycles. The van der Waals surface area contributed by atoms with Gasteiger partial charge in [-0.1, -0.05) is 11.6 Å². The fourth-order valence-corrected chi connectivity index (χ4v) is 1.68. The normalized spacial score (nSPS) is 12.9. The van der Waals surface area contributed by atoms with E-state index in [1.165, 1.54) is 0 Å². The highest BCUT2D eigenvalue weighted by Crippen LogP contribution is 2.23. The van der Waals surface area contributed by atoms with Gasteiger partial charge in [0.25, 0.3) is 0 Å². The molecule has 0 amide bonds. The van der Waals surface area contributed by atoms with E-state index in [1.807, 2.05) is 25.3 Å². The van der Waals surface area contributed by atoms with Crippen molar-refractivity contribution in [1.29, 1.82) is 0 Å². The van der Waals surface area contributed by atoms with E-state index in [2.05, 4.69) is 4.98 Å². The van der Waals surface area contributed by atoms with E-state index in [9.17, 15) is 0 Å². The van der Waals surface area contributed by atoms with Gasteiger partial charge in [-0.15, -0.1) is 11.8 Å². The zero-order valence-electron chi connectivity index (χ0n) is 7.87. The van der Waals surface area contributed by atoms with E-state index in [4.69, 9.17) is 16.3 Å². The Kier molecular flexibility index (Phi) is 4.03. The first-order valence-electron chi connectivity index (χ1n) is 3.91. The maximum absolute atomic E-state index is 5.85. The molecule has 0 radical (unpaired) electrons. The van der Waals surface area contributed by atoms with Crippen molar-refractivity contribution in [3.63, 3.8) is 0 Å². The minimum Gasteiger partial charge on any atom is -0.377 e. The predicted octanol–water partition coefficient (Wildman–Crippen LogP) is 3.16. The van der Waals surface area contributed by atoms with Gasteiger partial charge in [0.2, 0.25) is 0 Å². The third-order valence-corrected chi connectivity index (χ3v) is 2.65. The quantitative estimate of drug-likeness (QED) is 0.574. The van der Waals surface area contributed by atoms with Crippen LogP contribution >= 0.6 is 23.4 Å². The summed E-state index contributed by atoms with van der Waals surface area (Å²) in [5.41, 5.74) is 1.06. The number of thioether (sulfide) groups is 1. The number of halogens is 1. The van der Waals surface area contributed by atoms with Gasteiger partial charge >= 0.3 is 0 Å². The Bertz CT molecular complexity index is 293. The summed E-state index contributed by atoms with van der Waals surface area (Å²) in [7, 11) is 1.68. The van der Waals surface area contributed by atoms with Gasteiger partial charge in [-0.2, -0.15) is 0 Å². The Morgan fingerprint density at radius 2 is 2.23 bits per heavy atom. The molecule has 1 aromatic rings. The average Bonchev–Trinajstić information content (AvgIpc) is 2.15. The van der Waals surface area contributed by atoms with Crippen LogP contribution in [0.5, 0.6) is 0 Å². The molecule has 0 spiro atoms. The van der Waals surface area contributed by atoms with E-state index >= 15 is 0 Å². The fraction of sp³-hybridized carbons (Fsp3) is 0.444. The Labute approximate surface area is 87.7 Å². The molecule has 13 heavy (non-hydrogen) atoms. The molecule has 0 N–H and O–H groups in total. The first-order valence-corrected chi connectivity index (χ1v) is 5.52. The number of aromatic nitrogens is 1. The summed E-state index contributed by atoms with van der Waals surface area (Å²) in [5, 5.41) is 1.44. The van der Waals surface area contributed by atoms with Crippen LogP contribution < -0.4 is 0 Å². The minimum absolute atomic E-state index is 0.0615. The zero-order chi connectivity index (χ0) is 9.84. The molecule has 0 fully saturated rings. The van der Waals surface area contributed by atoms with E-state index in [0.29, 0.717) is 5.15 Å². The predicted molar refractivity (Wildman–Crippen MR) is 56.5 cm³/mol. The maximum atomic E-state index is 5.85. The summed E-state index contributed by atoms with van der Waals surface area (Å²) >= 11 is 7.42. The molecular formula is C9H12ClNOS. The summed E-state index contributed by atoms with van der Waals surface area (Å²) in [6.45, 7) is 1.98. The number of hydrogen-bond acceptors (Lipinski definition) is 3. The van der Waals surface area contributed by atoms with Gasteiger partial charge < -0.3 is 4.74 Å². The number of rotatable bonds is 3. The van der Waals surface area contributed by atoms with E-state index in [1.54, 1.807) is 18.9 Å². The van der Waals surface area contributed by atoms with Crippen molar-refractivity contribution in [3.05, 3.63) is 22.8 Å². The lowest BCUT2D eigenvalue weighted by Gasteiger charge is -2.10. The second kappa shape index (κ2) is 4.84. The van der Waals surface area contributed by atoms with Gasteiger partial charge in [0.15, 0.2) is 0 Å². The molecule has 1 atom stereocenters. The zero-order valence-corrected chi connectivity index (χ0v) is 9.45. The summed E-state index contributed by atoms with van der Waals surface area (Å²) in [6, 6.07) is 3.82. The van der Waals surface area contributed by atoms with Gasteiger partial charge in [0.1, 0.15) is 5.15 Å². The maximum Gasteiger partial charge on any atom is 0.130 e. The number of hydrogen-bond donors (Lipinski definition) is 0. The van der Waals surface area contributed by atoms with Crippen molar-refractivity contribution in [1.82, 2.24) is 4.98 Å². The number of pyridine rings is 1. The lowest BCUT2D eigenvalue weighted by Crippen LogP contribution is -1.97. The van der Waals surface area contributed by atoms with Crippen molar-refractivity contribution in [2.45, 2.75) is 18.1 Å². The molecule has 1 rings (SSSR count). The highest BCUT2D eigenvalue weighted by molar-refractivity contribution is 7.98. The van der Waals surface area contributed by atoms with Crippen LogP contribution in [0.3, 0.4) is 0 Å². The van der Waals surface area contributed by atoms with Crippen molar-refractivity contribution >= 4 is 23.4 Å². The van der Waals surface area contributed by atoms with Gasteiger partial charge in [0.05, 0.1) is 11.1 Å². The molecule has 0 aliphatic heterocycles. The van der Waals surface area contributed by atoms with Crippen LogP contribution in [0.25, 0.3) is 0 Å². The second-order valence-electron chi connectivity index (χ2n) is 2.64. The van der Waals surface area contributed by atoms with Crippen LogP contribution in [0.2, 0.25) is 5.15 Å². The first-order chi connectivity index (χ1) is 6.17. The standard InChI is InChI=1S/C9H12ClNOS/c1-6(12-2)7-4-8(10)11-9(5-7)13-3/h4-6H,1-3H3. The van der Waals surface area contributed by atoms with Crippen molar-refractivity contribution < 1.29 is 4.74 Å². The molecular weight excluding hydrogens is 206 g/mol. The van der Waals surface area contributed by atoms with Crippen LogP contribution in [0.15, 0.2) is 17.2 Å². The molecule has 0 aliphatic rings. The van der Waals surface area contributed by atoms with Crippen molar-refractivity contribution in [3.8, 4) is 0 Å². The van der Waals surface area contributed by atoms with Crippen LogP contribution in [0.1, 0.15) is 18.6 Å². The SMILES string of the molecule is COC(C)c1cc(Cl)nc(SC)c1. The highest BCUT2D eigenvalue weighted by atomic mass is 35.5. The minimum atomic E-state index is 0.0615. The molecule has 4 heteroatoms. The Morgan fingerprint density at radius 3 is 2.77 bits per heavy atom. The van der Waals surface area contributed by atoms with E-state index in [0.717, 1.165) is 10.6 Å². The van der Waals surface area contributed by atoms with Crippen LogP contribution in [0, 0.1) is 0 Å². The Balaban J connectivity index is 3.01. The number of methoxy groups -OCH3 is 1. The van der Waals surface area contributed by atoms with Crippen LogP contribution in [-0.2, 0) is 4.74 Å². The Morgan fingerprint density at radius 1 is 1.54 bits per heavy atom. The van der Waals surface area contributed by atoms with Gasteiger partial charge in [-0.3, -0.25) is 0 Å². The monoisotopic (exact) mass is 217 g/mol. The Hall–Kier alpha value is -0.250. The lowest BCUT2D eigenvalue weighted by atomic mass is 10.2. The smallest absolute Gasteiger partial charge is 0.130 e. The molecule has 1 heterocycles. The molecule has 2 nitrogen and oxygen atoms in total. The van der Waals surface area contributed by atoms with Crippen LogP contribution in [-0.4, -0.2) is 18.3 Å². The van der Waals surface area contributed by atoms with Crippen molar-refractivity contribution in [2.75, 3.05) is 13.4 Å². The first kappa shape index (κ1) is 10.8. The molecule has 72 valence electrons. The van der Waals surface area contributed by atoms with Gasteiger partial charge in [-0.05, 0) is 30.9 Å². The van der Waals surface area contributed by atoms with Gasteiger partial charge in [0, 0.05) is 7.11 Å². The summed E-state index contributed by atoms with van der Waals surface area (Å²) in [5.74, 6) is 0. The topological polar surface area (TPSA) is 22.1 Å². The molecule has 1 aromatic heterocycles. The largest absolute Gasteiger partial charge is 0.377 e. The van der Waals surface area contributed by atoms with Crippen LogP contribution in [0.4, 0.5) is 0 Å². The van der Waals surface area contributed by atoms with Gasteiger partial charge in [-0.25, -0.2) is 4.98 Å². The highest BCUT2D eigenvalue weighted by Gasteiger charge is 2.06. The van der Waals surface area contributed by atoms with E-state index in [-0.39, 0.29) is 6.10 Å².